The number of aliphatic hydroxyl groups is 1. The van der Waals surface area contributed by atoms with Crippen molar-refractivity contribution in [1.29, 1.82) is 0 Å². The van der Waals surface area contributed by atoms with Crippen molar-refractivity contribution in [3.05, 3.63) is 71.8 Å². The predicted octanol–water partition coefficient (Wildman–Crippen LogP) is 3.20. The van der Waals surface area contributed by atoms with Crippen LogP contribution in [0.5, 0.6) is 0 Å². The van der Waals surface area contributed by atoms with Gasteiger partial charge in [-0.1, -0.05) is 79.7 Å². The number of rotatable bonds is 11. The van der Waals surface area contributed by atoms with Crippen molar-refractivity contribution in [3.8, 4) is 0 Å². The van der Waals surface area contributed by atoms with E-state index in [1.807, 2.05) is 36.4 Å². The zero-order chi connectivity index (χ0) is 19.5. The van der Waals surface area contributed by atoms with Crippen LogP contribution in [0.25, 0.3) is 0 Å². The van der Waals surface area contributed by atoms with Crippen molar-refractivity contribution in [3.63, 3.8) is 0 Å². The summed E-state index contributed by atoms with van der Waals surface area (Å²) < 4.78 is 0. The molecule has 2 aromatic carbocycles. The summed E-state index contributed by atoms with van der Waals surface area (Å²) in [6.45, 7) is 6.64. The molecule has 0 aliphatic heterocycles. The second kappa shape index (κ2) is 11.4. The highest BCUT2D eigenvalue weighted by Crippen LogP contribution is 2.27. The molecule has 2 aromatic rings. The third-order valence-corrected chi connectivity index (χ3v) is 4.63. The van der Waals surface area contributed by atoms with E-state index >= 15 is 0 Å². The molecule has 0 amide bonds. The lowest BCUT2D eigenvalue weighted by molar-refractivity contribution is 0.0204. The SMILES string of the molecule is CCN(CC)CC(O)CON=C(N)CC(c1ccccc1)c1ccccc1. The van der Waals surface area contributed by atoms with E-state index in [0.717, 1.165) is 13.1 Å². The number of oxime groups is 1. The summed E-state index contributed by atoms with van der Waals surface area (Å²) in [7, 11) is 0. The molecule has 3 N–H and O–H groups in total. The third-order valence-electron chi connectivity index (χ3n) is 4.63. The van der Waals surface area contributed by atoms with Crippen LogP contribution in [0, 0.1) is 0 Å². The van der Waals surface area contributed by atoms with Crippen molar-refractivity contribution in [1.82, 2.24) is 4.90 Å². The quantitative estimate of drug-likeness (QED) is 0.362. The summed E-state index contributed by atoms with van der Waals surface area (Å²) in [5, 5.41) is 14.1. The molecule has 0 saturated carbocycles. The highest BCUT2D eigenvalue weighted by molar-refractivity contribution is 5.81. The molecule has 0 spiro atoms. The fraction of sp³-hybridized carbons (Fsp3) is 0.409. The number of hydrogen-bond acceptors (Lipinski definition) is 4. The molecule has 0 heterocycles. The first kappa shape index (κ1) is 20.9. The van der Waals surface area contributed by atoms with Crippen LogP contribution in [0.4, 0.5) is 0 Å². The Morgan fingerprint density at radius 2 is 1.52 bits per heavy atom. The third kappa shape index (κ3) is 7.04. The van der Waals surface area contributed by atoms with Gasteiger partial charge in [0, 0.05) is 18.9 Å². The Hall–Kier alpha value is -2.37. The summed E-state index contributed by atoms with van der Waals surface area (Å²) in [5.74, 6) is 0.531. The second-order valence-electron chi connectivity index (χ2n) is 6.60. The average Bonchev–Trinajstić information content (AvgIpc) is 2.71. The zero-order valence-electron chi connectivity index (χ0n) is 16.3. The van der Waals surface area contributed by atoms with Crippen LogP contribution < -0.4 is 5.73 Å². The van der Waals surface area contributed by atoms with Gasteiger partial charge in [-0.25, -0.2) is 0 Å². The summed E-state index contributed by atoms with van der Waals surface area (Å²) in [4.78, 5) is 7.45. The summed E-state index contributed by atoms with van der Waals surface area (Å²) in [6, 6.07) is 20.5. The van der Waals surface area contributed by atoms with E-state index in [1.54, 1.807) is 0 Å². The Morgan fingerprint density at radius 1 is 1.00 bits per heavy atom. The number of hydrogen-bond donors (Lipinski definition) is 2. The fourth-order valence-electron chi connectivity index (χ4n) is 3.08. The number of nitrogens with two attached hydrogens (primary N) is 1. The molecule has 1 atom stereocenters. The van der Waals surface area contributed by atoms with Crippen molar-refractivity contribution in [2.75, 3.05) is 26.2 Å². The van der Waals surface area contributed by atoms with E-state index in [9.17, 15) is 5.11 Å². The van der Waals surface area contributed by atoms with Gasteiger partial charge in [-0.2, -0.15) is 0 Å². The maximum atomic E-state index is 10.1. The number of nitrogens with zero attached hydrogens (tertiary/aromatic N) is 2. The minimum Gasteiger partial charge on any atom is -0.392 e. The number of benzene rings is 2. The Morgan fingerprint density at radius 3 is 2.00 bits per heavy atom. The Balaban J connectivity index is 1.97. The van der Waals surface area contributed by atoms with E-state index < -0.39 is 6.10 Å². The molecule has 146 valence electrons. The molecule has 0 aliphatic rings. The molecule has 0 aliphatic carbocycles. The lowest BCUT2D eigenvalue weighted by atomic mass is 9.88. The van der Waals surface area contributed by atoms with Crippen LogP contribution in [-0.4, -0.2) is 48.2 Å². The molecule has 0 fully saturated rings. The lowest BCUT2D eigenvalue weighted by Gasteiger charge is -2.21. The normalized spacial score (nSPS) is 13.1. The molecular weight excluding hydrogens is 338 g/mol. The minimum atomic E-state index is -0.583. The maximum Gasteiger partial charge on any atom is 0.144 e. The first-order valence-electron chi connectivity index (χ1n) is 9.58. The van der Waals surface area contributed by atoms with Crippen LogP contribution in [0.1, 0.15) is 37.3 Å². The molecule has 5 heteroatoms. The van der Waals surface area contributed by atoms with Crippen molar-refractivity contribution < 1.29 is 9.94 Å². The summed E-state index contributed by atoms with van der Waals surface area (Å²) >= 11 is 0. The van der Waals surface area contributed by atoms with Crippen LogP contribution >= 0.6 is 0 Å². The smallest absolute Gasteiger partial charge is 0.144 e. The zero-order valence-corrected chi connectivity index (χ0v) is 16.3. The molecule has 5 nitrogen and oxygen atoms in total. The standard InChI is InChI=1S/C22H31N3O2/c1-3-25(4-2)16-20(26)17-27-24-22(23)15-21(18-11-7-5-8-12-18)19-13-9-6-10-14-19/h5-14,20-21,26H,3-4,15-17H2,1-2H3,(H2,23,24). The van der Waals surface area contributed by atoms with Crippen LogP contribution in [-0.2, 0) is 4.84 Å². The predicted molar refractivity (Wildman–Crippen MR) is 111 cm³/mol. The molecule has 0 saturated heterocycles. The van der Waals surface area contributed by atoms with Crippen molar-refractivity contribution >= 4 is 5.84 Å². The van der Waals surface area contributed by atoms with E-state index in [2.05, 4.69) is 48.2 Å². The summed E-state index contributed by atoms with van der Waals surface area (Å²) in [6.07, 6.45) is -0.0272. The first-order chi connectivity index (χ1) is 13.1. The fourth-order valence-corrected chi connectivity index (χ4v) is 3.08. The van der Waals surface area contributed by atoms with Gasteiger partial charge >= 0.3 is 0 Å². The number of aliphatic hydroxyl groups excluding tert-OH is 1. The molecule has 0 radical (unpaired) electrons. The molecule has 2 rings (SSSR count). The monoisotopic (exact) mass is 369 g/mol. The Bertz CT molecular complexity index is 633. The summed E-state index contributed by atoms with van der Waals surface area (Å²) in [5.41, 5.74) is 8.49. The second-order valence-corrected chi connectivity index (χ2v) is 6.60. The van der Waals surface area contributed by atoms with Gasteiger partial charge in [0.1, 0.15) is 18.5 Å². The van der Waals surface area contributed by atoms with E-state index in [0.29, 0.717) is 18.8 Å². The van der Waals surface area contributed by atoms with E-state index in [1.165, 1.54) is 11.1 Å². The maximum absolute atomic E-state index is 10.1. The van der Waals surface area contributed by atoms with Gasteiger partial charge in [0.25, 0.3) is 0 Å². The van der Waals surface area contributed by atoms with Gasteiger partial charge in [0.15, 0.2) is 0 Å². The first-order valence-corrected chi connectivity index (χ1v) is 9.58. The van der Waals surface area contributed by atoms with Gasteiger partial charge in [-0.05, 0) is 24.2 Å². The Kier molecular flexibility index (Phi) is 8.81. The largest absolute Gasteiger partial charge is 0.392 e. The lowest BCUT2D eigenvalue weighted by Crippen LogP contribution is -2.34. The van der Waals surface area contributed by atoms with Crippen LogP contribution in [0.3, 0.4) is 0 Å². The average molecular weight is 370 g/mol. The van der Waals surface area contributed by atoms with Gasteiger partial charge in [-0.15, -0.1) is 0 Å². The van der Waals surface area contributed by atoms with Crippen molar-refractivity contribution in [2.45, 2.75) is 32.3 Å². The highest BCUT2D eigenvalue weighted by Gasteiger charge is 2.16. The molecule has 27 heavy (non-hydrogen) atoms. The van der Waals surface area contributed by atoms with Crippen LogP contribution in [0.2, 0.25) is 0 Å². The Labute approximate surface area is 162 Å². The number of likely N-dealkylation sites (N-methyl/N-ethyl adjacent to an activating group) is 1. The van der Waals surface area contributed by atoms with Crippen LogP contribution in [0.15, 0.2) is 65.8 Å². The molecular formula is C22H31N3O2. The van der Waals surface area contributed by atoms with Gasteiger partial charge in [-0.3, -0.25) is 0 Å². The molecule has 1 unspecified atom stereocenters. The minimum absolute atomic E-state index is 0.111. The van der Waals surface area contributed by atoms with Crippen molar-refractivity contribution in [2.24, 2.45) is 10.9 Å². The van der Waals surface area contributed by atoms with Gasteiger partial charge in [0.05, 0.1) is 0 Å². The molecule has 0 aromatic heterocycles. The molecule has 0 bridgehead atoms. The highest BCUT2D eigenvalue weighted by atomic mass is 16.6. The van der Waals surface area contributed by atoms with E-state index in [4.69, 9.17) is 10.6 Å². The number of amidine groups is 1. The van der Waals surface area contributed by atoms with Gasteiger partial charge < -0.3 is 20.6 Å². The van der Waals surface area contributed by atoms with E-state index in [-0.39, 0.29) is 12.5 Å². The topological polar surface area (TPSA) is 71.1 Å². The van der Waals surface area contributed by atoms with Gasteiger partial charge in [0.2, 0.25) is 0 Å².